The predicted molar refractivity (Wildman–Crippen MR) is 113 cm³/mol. The molecule has 0 aliphatic carbocycles. The van der Waals surface area contributed by atoms with Crippen molar-refractivity contribution >= 4 is 37.7 Å². The van der Waals surface area contributed by atoms with E-state index in [0.717, 1.165) is 27.8 Å². The smallest absolute Gasteiger partial charge is 0.360 e. The zero-order valence-corrected chi connectivity index (χ0v) is 15.7. The lowest BCUT2D eigenvalue weighted by atomic mass is 9.98. The molecule has 0 aliphatic heterocycles. The number of rotatable bonds is 3. The van der Waals surface area contributed by atoms with Gasteiger partial charge in [0.25, 0.3) is 0 Å². The highest BCUT2D eigenvalue weighted by molar-refractivity contribution is 7.25. The summed E-state index contributed by atoms with van der Waals surface area (Å²) < 4.78 is 0.309. The Bertz CT molecular complexity index is 1440. The Balaban J connectivity index is 1.88. The number of carboxylic acid groups (broad SMARTS) is 1. The number of carboxylic acids is 1. The average Bonchev–Trinajstić information content (AvgIpc) is 3.13. The van der Waals surface area contributed by atoms with Crippen molar-refractivity contribution in [2.24, 2.45) is 0 Å². The second-order valence-electron chi connectivity index (χ2n) is 6.48. The first-order valence-electron chi connectivity index (χ1n) is 8.83. The molecule has 2 aromatic carbocycles. The van der Waals surface area contributed by atoms with Gasteiger partial charge in [-0.1, -0.05) is 60.7 Å². The molecule has 0 radical (unpaired) electrons. The number of hydrogen-bond donors (Lipinski definition) is 2. The summed E-state index contributed by atoms with van der Waals surface area (Å²) in [5.41, 5.74) is 3.07. The van der Waals surface area contributed by atoms with Crippen LogP contribution in [0, 0.1) is 0 Å². The van der Waals surface area contributed by atoms with Crippen LogP contribution in [0.5, 0.6) is 0 Å². The molecular weight excluding hydrogens is 386 g/mol. The van der Waals surface area contributed by atoms with Gasteiger partial charge in [0.2, 0.25) is 11.1 Å². The molecule has 5 rings (SSSR count). The monoisotopic (exact) mass is 399 g/mol. The van der Waals surface area contributed by atoms with E-state index < -0.39 is 17.1 Å². The van der Waals surface area contributed by atoms with Crippen molar-refractivity contribution in [1.29, 1.82) is 0 Å². The second-order valence-corrected chi connectivity index (χ2v) is 7.48. The number of benzene rings is 2. The fraction of sp³-hybridized carbons (Fsp3) is 0. The SMILES string of the molecule is O=C(O)c1n[nH]c2c(sc3nc(-c4ccccc4)c(-c4ccccc4)cc32)c1=O. The largest absolute Gasteiger partial charge is 0.476 e. The number of aromatic amines is 1. The Kier molecular flexibility index (Phi) is 3.96. The lowest BCUT2D eigenvalue weighted by Crippen LogP contribution is -2.17. The normalized spacial score (nSPS) is 11.2. The molecular formula is C22H13N3O3S. The predicted octanol–water partition coefficient (Wildman–Crippen LogP) is 4.57. The van der Waals surface area contributed by atoms with Crippen molar-refractivity contribution in [3.63, 3.8) is 0 Å². The van der Waals surface area contributed by atoms with Crippen molar-refractivity contribution < 1.29 is 9.90 Å². The van der Waals surface area contributed by atoms with Crippen LogP contribution in [0.3, 0.4) is 0 Å². The molecule has 5 aromatic rings. The van der Waals surface area contributed by atoms with Gasteiger partial charge in [-0.25, -0.2) is 9.78 Å². The van der Waals surface area contributed by atoms with E-state index in [1.807, 2.05) is 66.7 Å². The zero-order chi connectivity index (χ0) is 20.0. The molecule has 0 spiro atoms. The molecule has 0 saturated heterocycles. The minimum absolute atomic E-state index is 0.309. The van der Waals surface area contributed by atoms with Gasteiger partial charge in [0, 0.05) is 16.5 Å². The van der Waals surface area contributed by atoms with Gasteiger partial charge in [-0.2, -0.15) is 5.10 Å². The number of aromatic carboxylic acids is 1. The van der Waals surface area contributed by atoms with Crippen molar-refractivity contribution in [2.45, 2.75) is 0 Å². The second kappa shape index (κ2) is 6.65. The van der Waals surface area contributed by atoms with Gasteiger partial charge in [0.15, 0.2) is 0 Å². The van der Waals surface area contributed by atoms with E-state index in [9.17, 15) is 14.7 Å². The van der Waals surface area contributed by atoms with Crippen molar-refractivity contribution in [3.8, 4) is 22.4 Å². The number of hydrogen-bond acceptors (Lipinski definition) is 5. The van der Waals surface area contributed by atoms with Crippen LogP contribution in [0.4, 0.5) is 0 Å². The third-order valence-electron chi connectivity index (χ3n) is 4.72. The van der Waals surface area contributed by atoms with E-state index in [-0.39, 0.29) is 0 Å². The fourth-order valence-corrected chi connectivity index (χ4v) is 4.41. The Morgan fingerprint density at radius 3 is 2.28 bits per heavy atom. The zero-order valence-electron chi connectivity index (χ0n) is 14.9. The number of pyridine rings is 1. The molecule has 3 aromatic heterocycles. The molecule has 0 fully saturated rings. The minimum Gasteiger partial charge on any atom is -0.476 e. The van der Waals surface area contributed by atoms with E-state index in [0.29, 0.717) is 15.0 Å². The Labute approximate surface area is 168 Å². The summed E-state index contributed by atoms with van der Waals surface area (Å²) in [7, 11) is 0. The van der Waals surface area contributed by atoms with Gasteiger partial charge >= 0.3 is 5.97 Å². The maximum absolute atomic E-state index is 12.6. The van der Waals surface area contributed by atoms with Crippen LogP contribution in [0.25, 0.3) is 42.8 Å². The van der Waals surface area contributed by atoms with Crippen LogP contribution in [0.1, 0.15) is 10.5 Å². The van der Waals surface area contributed by atoms with Crippen molar-refractivity contribution in [1.82, 2.24) is 15.2 Å². The van der Waals surface area contributed by atoms with E-state index in [4.69, 9.17) is 4.98 Å². The number of nitrogens with zero attached hydrogens (tertiary/aromatic N) is 2. The fourth-order valence-electron chi connectivity index (χ4n) is 3.36. The summed E-state index contributed by atoms with van der Waals surface area (Å²) in [6, 6.07) is 21.7. The Morgan fingerprint density at radius 1 is 0.966 bits per heavy atom. The third-order valence-corrected chi connectivity index (χ3v) is 5.82. The maximum Gasteiger partial charge on any atom is 0.360 e. The molecule has 29 heavy (non-hydrogen) atoms. The van der Waals surface area contributed by atoms with Gasteiger partial charge in [-0.3, -0.25) is 9.89 Å². The first kappa shape index (κ1) is 17.3. The van der Waals surface area contributed by atoms with Crippen molar-refractivity contribution in [2.75, 3.05) is 0 Å². The molecule has 0 unspecified atom stereocenters. The van der Waals surface area contributed by atoms with Crippen molar-refractivity contribution in [3.05, 3.63) is 82.6 Å². The lowest BCUT2D eigenvalue weighted by molar-refractivity contribution is 0.0688. The topological polar surface area (TPSA) is 95.9 Å². The highest BCUT2D eigenvalue weighted by Gasteiger charge is 2.20. The molecule has 2 N–H and O–H groups in total. The van der Waals surface area contributed by atoms with Gasteiger partial charge in [-0.05, 0) is 11.6 Å². The quantitative estimate of drug-likeness (QED) is 0.463. The van der Waals surface area contributed by atoms with E-state index >= 15 is 0 Å². The molecule has 0 bridgehead atoms. The summed E-state index contributed by atoms with van der Waals surface area (Å²) in [5.74, 6) is -1.35. The molecule has 3 heterocycles. The maximum atomic E-state index is 12.6. The van der Waals surface area contributed by atoms with Crippen LogP contribution in [0.15, 0.2) is 71.5 Å². The highest BCUT2D eigenvalue weighted by atomic mass is 32.1. The number of carbonyl (C=O) groups is 1. The standard InChI is InChI=1S/C22H13N3O3S/c26-19-18(22(27)28)25-24-17-15-11-14(12-7-3-1-4-8-12)16(13-9-5-2-6-10-13)23-21(15)29-20(17)19/h1-11H,(H,24,26)(H,27,28). The number of fused-ring (bicyclic) bond motifs is 3. The van der Waals surface area contributed by atoms with Crippen LogP contribution in [0.2, 0.25) is 0 Å². The van der Waals surface area contributed by atoms with Gasteiger partial charge in [0.05, 0.1) is 11.2 Å². The molecule has 0 atom stereocenters. The van der Waals surface area contributed by atoms with Crippen LogP contribution in [-0.2, 0) is 0 Å². The molecule has 7 heteroatoms. The molecule has 0 amide bonds. The lowest BCUT2D eigenvalue weighted by Gasteiger charge is -2.10. The summed E-state index contributed by atoms with van der Waals surface area (Å²) in [5, 5.41) is 16.4. The Hall–Kier alpha value is -3.84. The number of thiophene rings is 1. The number of nitrogens with one attached hydrogen (secondary N) is 1. The summed E-state index contributed by atoms with van der Waals surface area (Å²) in [6.45, 7) is 0. The number of aromatic nitrogens is 3. The molecule has 0 saturated carbocycles. The third kappa shape index (κ3) is 2.79. The van der Waals surface area contributed by atoms with Gasteiger partial charge < -0.3 is 5.11 Å². The van der Waals surface area contributed by atoms with E-state index in [1.54, 1.807) is 0 Å². The van der Waals surface area contributed by atoms with Crippen LogP contribution < -0.4 is 5.43 Å². The highest BCUT2D eigenvalue weighted by Crippen LogP contribution is 2.37. The number of H-pyrrole nitrogens is 1. The first-order chi connectivity index (χ1) is 14.1. The van der Waals surface area contributed by atoms with Crippen LogP contribution >= 0.6 is 11.3 Å². The van der Waals surface area contributed by atoms with Gasteiger partial charge in [-0.15, -0.1) is 11.3 Å². The minimum atomic E-state index is -1.35. The average molecular weight is 399 g/mol. The molecule has 6 nitrogen and oxygen atoms in total. The molecule has 140 valence electrons. The van der Waals surface area contributed by atoms with Crippen LogP contribution in [-0.4, -0.2) is 26.3 Å². The summed E-state index contributed by atoms with van der Waals surface area (Å²) in [4.78, 5) is 29.3. The van der Waals surface area contributed by atoms with E-state index in [1.165, 1.54) is 11.3 Å². The first-order valence-corrected chi connectivity index (χ1v) is 9.65. The summed E-state index contributed by atoms with van der Waals surface area (Å²) in [6.07, 6.45) is 0. The Morgan fingerprint density at radius 2 is 1.62 bits per heavy atom. The molecule has 0 aliphatic rings. The van der Waals surface area contributed by atoms with Gasteiger partial charge in [0.1, 0.15) is 9.53 Å². The summed E-state index contributed by atoms with van der Waals surface area (Å²) >= 11 is 1.17. The van der Waals surface area contributed by atoms with E-state index in [2.05, 4.69) is 10.2 Å².